The van der Waals surface area contributed by atoms with E-state index in [4.69, 9.17) is 4.74 Å². The van der Waals surface area contributed by atoms with Crippen molar-refractivity contribution in [1.29, 1.82) is 5.26 Å². The molecule has 240 valence electrons. The van der Waals surface area contributed by atoms with Crippen molar-refractivity contribution in [2.45, 2.75) is 58.2 Å². The molecule has 2 amide bonds. The number of aryl methyl sites for hydroxylation is 1. The molecule has 4 aromatic rings. The maximum Gasteiger partial charge on any atom is 0.387 e. The maximum absolute atomic E-state index is 13.5. The van der Waals surface area contributed by atoms with Crippen LogP contribution >= 0.6 is 0 Å². The quantitative estimate of drug-likeness (QED) is 0.290. The number of carbonyl (C=O) groups excluding carboxylic acids is 2. The lowest BCUT2D eigenvalue weighted by Crippen LogP contribution is -2.50. The highest BCUT2D eigenvalue weighted by Crippen LogP contribution is 2.36. The average molecular weight is 632 g/mol. The number of fused-ring (bicyclic) bond motifs is 1. The molecule has 0 bridgehead atoms. The van der Waals surface area contributed by atoms with Crippen LogP contribution in [0.15, 0.2) is 49.1 Å². The monoisotopic (exact) mass is 631 g/mol. The van der Waals surface area contributed by atoms with Gasteiger partial charge in [-0.2, -0.15) is 24.2 Å². The number of nitrogens with one attached hydrogen (secondary N) is 1. The first kappa shape index (κ1) is 31.1. The number of amides is 2. The van der Waals surface area contributed by atoms with Crippen LogP contribution in [0.25, 0.3) is 16.9 Å². The first-order valence-electron chi connectivity index (χ1n) is 15.5. The summed E-state index contributed by atoms with van der Waals surface area (Å²) in [7, 11) is 0. The van der Waals surface area contributed by atoms with Gasteiger partial charge in [0.1, 0.15) is 23.6 Å². The Labute approximate surface area is 264 Å². The van der Waals surface area contributed by atoms with E-state index in [9.17, 15) is 23.6 Å². The van der Waals surface area contributed by atoms with E-state index >= 15 is 0 Å². The number of alkyl halides is 2. The van der Waals surface area contributed by atoms with Crippen LogP contribution in [0.2, 0.25) is 0 Å². The number of rotatable bonds is 9. The number of piperidine rings is 2. The Bertz CT molecular complexity index is 1760. The Kier molecular flexibility index (Phi) is 9.20. The molecular weight excluding hydrogens is 596 g/mol. The van der Waals surface area contributed by atoms with Crippen molar-refractivity contribution in [3.05, 3.63) is 60.2 Å². The van der Waals surface area contributed by atoms with Gasteiger partial charge in [-0.25, -0.2) is 9.50 Å². The number of aromatic nitrogens is 5. The van der Waals surface area contributed by atoms with Crippen LogP contribution in [0.4, 0.5) is 14.5 Å². The minimum Gasteiger partial charge on any atom is -0.434 e. The van der Waals surface area contributed by atoms with Crippen LogP contribution in [0.1, 0.15) is 48.5 Å². The van der Waals surface area contributed by atoms with Crippen molar-refractivity contribution < 1.29 is 23.1 Å². The summed E-state index contributed by atoms with van der Waals surface area (Å²) in [5.74, 6) is -0.708. The number of ether oxygens (including phenoxy) is 1. The van der Waals surface area contributed by atoms with Gasteiger partial charge in [0, 0.05) is 49.8 Å². The van der Waals surface area contributed by atoms with Gasteiger partial charge >= 0.3 is 6.61 Å². The summed E-state index contributed by atoms with van der Waals surface area (Å²) < 4.78 is 34.5. The van der Waals surface area contributed by atoms with Crippen LogP contribution in [0.3, 0.4) is 0 Å². The highest BCUT2D eigenvalue weighted by molar-refractivity contribution is 6.09. The summed E-state index contributed by atoms with van der Waals surface area (Å²) in [5.41, 5.74) is 2.07. The molecule has 2 saturated heterocycles. The number of likely N-dealkylation sites (tertiary alicyclic amines) is 2. The minimum atomic E-state index is -3.07. The zero-order chi connectivity index (χ0) is 32.2. The molecule has 3 aromatic heterocycles. The van der Waals surface area contributed by atoms with Gasteiger partial charge in [-0.05, 0) is 62.4 Å². The topological polar surface area (TPSA) is 134 Å². The van der Waals surface area contributed by atoms with E-state index in [-0.39, 0.29) is 46.6 Å². The Morgan fingerprint density at radius 1 is 1.20 bits per heavy atom. The highest BCUT2D eigenvalue weighted by atomic mass is 19.3. The van der Waals surface area contributed by atoms with Crippen LogP contribution < -0.4 is 10.1 Å². The number of nitriles is 1. The molecule has 46 heavy (non-hydrogen) atoms. The average Bonchev–Trinajstić information content (AvgIpc) is 3.68. The molecule has 14 heteroatoms. The van der Waals surface area contributed by atoms with Gasteiger partial charge in [0.15, 0.2) is 5.65 Å². The van der Waals surface area contributed by atoms with Crippen molar-refractivity contribution in [3.8, 4) is 23.1 Å². The molecule has 12 nitrogen and oxygen atoms in total. The fourth-order valence-electron chi connectivity index (χ4n) is 6.31. The van der Waals surface area contributed by atoms with Gasteiger partial charge in [0.2, 0.25) is 5.91 Å². The van der Waals surface area contributed by atoms with Crippen molar-refractivity contribution in [2.24, 2.45) is 5.92 Å². The van der Waals surface area contributed by atoms with Gasteiger partial charge in [0.25, 0.3) is 5.91 Å². The number of hydrogen-bond acceptors (Lipinski definition) is 8. The molecule has 5 heterocycles. The Morgan fingerprint density at radius 3 is 2.78 bits per heavy atom. The molecule has 2 aliphatic rings. The number of benzene rings is 1. The van der Waals surface area contributed by atoms with E-state index in [1.54, 1.807) is 35.5 Å². The summed E-state index contributed by atoms with van der Waals surface area (Å²) >= 11 is 0. The smallest absolute Gasteiger partial charge is 0.387 e. The summed E-state index contributed by atoms with van der Waals surface area (Å²) in [6.07, 6.45) is 10.3. The number of hydrogen-bond donors (Lipinski definition) is 1. The van der Waals surface area contributed by atoms with E-state index < -0.39 is 12.5 Å². The Morgan fingerprint density at radius 2 is 2.02 bits per heavy atom. The van der Waals surface area contributed by atoms with Gasteiger partial charge in [0.05, 0.1) is 23.9 Å². The van der Waals surface area contributed by atoms with Crippen LogP contribution in [0.5, 0.6) is 5.75 Å². The fraction of sp³-hybridized carbons (Fsp3) is 0.438. The van der Waals surface area contributed by atoms with Crippen LogP contribution in [-0.2, 0) is 17.8 Å². The first-order valence-corrected chi connectivity index (χ1v) is 15.5. The SMILES string of the molecule is CCc1ccc(OC(F)F)c(-c2nn(CC(=O)N3CCC(N4CCC[C@@H](C#N)C4)CC3)cc2NC(=O)c2cnn3cccnc23)c1. The lowest BCUT2D eigenvalue weighted by atomic mass is 9.95. The van der Waals surface area contributed by atoms with Gasteiger partial charge in [-0.1, -0.05) is 13.0 Å². The minimum absolute atomic E-state index is 0.0610. The number of halogens is 2. The molecule has 0 saturated carbocycles. The first-order chi connectivity index (χ1) is 22.3. The van der Waals surface area contributed by atoms with Crippen LogP contribution in [-0.4, -0.2) is 84.8 Å². The van der Waals surface area contributed by atoms with Crippen molar-refractivity contribution >= 4 is 23.1 Å². The number of nitrogens with zero attached hydrogens (tertiary/aromatic N) is 8. The highest BCUT2D eigenvalue weighted by Gasteiger charge is 2.31. The third-order valence-electron chi connectivity index (χ3n) is 8.72. The van der Waals surface area contributed by atoms with Crippen molar-refractivity contribution in [2.75, 3.05) is 31.5 Å². The normalized spacial score (nSPS) is 17.7. The second-order valence-corrected chi connectivity index (χ2v) is 11.6. The van der Waals surface area contributed by atoms with E-state index in [0.29, 0.717) is 31.2 Å². The van der Waals surface area contributed by atoms with Crippen LogP contribution in [0, 0.1) is 17.2 Å². The predicted octanol–water partition coefficient (Wildman–Crippen LogP) is 4.24. The van der Waals surface area contributed by atoms with Crippen molar-refractivity contribution in [1.82, 2.24) is 34.2 Å². The summed E-state index contributed by atoms with van der Waals surface area (Å²) in [6, 6.07) is 9.27. The molecule has 1 atom stereocenters. The number of anilines is 1. The van der Waals surface area contributed by atoms with Crippen molar-refractivity contribution in [3.63, 3.8) is 0 Å². The molecule has 1 N–H and O–H groups in total. The largest absolute Gasteiger partial charge is 0.434 e. The molecule has 2 aliphatic heterocycles. The lowest BCUT2D eigenvalue weighted by Gasteiger charge is -2.41. The molecule has 6 rings (SSSR count). The summed E-state index contributed by atoms with van der Waals surface area (Å²) in [4.78, 5) is 35.3. The Hall–Kier alpha value is -4.90. The molecule has 2 fully saturated rings. The third kappa shape index (κ3) is 6.69. The van der Waals surface area contributed by atoms with Gasteiger partial charge in [-0.3, -0.25) is 19.2 Å². The molecule has 0 spiro atoms. The van der Waals surface area contributed by atoms with Gasteiger partial charge < -0.3 is 15.0 Å². The van der Waals surface area contributed by atoms with E-state index in [1.807, 2.05) is 6.92 Å². The lowest BCUT2D eigenvalue weighted by molar-refractivity contribution is -0.133. The molecule has 1 aromatic carbocycles. The van der Waals surface area contributed by atoms with Gasteiger partial charge in [-0.15, -0.1) is 0 Å². The zero-order valence-corrected chi connectivity index (χ0v) is 25.5. The second kappa shape index (κ2) is 13.6. The zero-order valence-electron chi connectivity index (χ0n) is 25.5. The summed E-state index contributed by atoms with van der Waals surface area (Å²) in [5, 5.41) is 21.0. The summed E-state index contributed by atoms with van der Waals surface area (Å²) in [6.45, 7) is 1.68. The third-order valence-corrected chi connectivity index (χ3v) is 8.72. The molecule has 0 unspecified atom stereocenters. The predicted molar refractivity (Wildman–Crippen MR) is 164 cm³/mol. The Balaban J connectivity index is 1.24. The van der Waals surface area contributed by atoms with E-state index in [1.165, 1.54) is 27.7 Å². The second-order valence-electron chi connectivity index (χ2n) is 11.6. The fourth-order valence-corrected chi connectivity index (χ4v) is 6.31. The maximum atomic E-state index is 13.5. The number of carbonyl (C=O) groups is 2. The van der Waals surface area contributed by atoms with E-state index in [2.05, 4.69) is 31.5 Å². The standard InChI is InChI=1S/C32H35F2N9O3/c1-2-21-6-7-27(46-32(33)34)24(15-21)29-26(38-31(45)25-17-37-43-12-4-10-36-30(25)43)19-42(39-29)20-28(44)40-13-8-23(9-14-40)41-11-3-5-22(16-35)18-41/h4,6-7,10,12,15,17,19,22-23,32H,2-3,5,8-9,11,13-14,18,20H2,1H3,(H,38,45)/t22-/m0/s1. The van der Waals surface area contributed by atoms with E-state index in [0.717, 1.165) is 44.3 Å². The molecule has 0 aliphatic carbocycles. The molecule has 0 radical (unpaired) electrons. The molecular formula is C32H35F2N9O3.